The molecule has 0 spiro atoms. The molecule has 0 aliphatic rings. The number of allylic oxidation sites excluding steroid dienone is 1. The van der Waals surface area contributed by atoms with E-state index in [1.165, 1.54) is 24.5 Å². The first-order valence-electron chi connectivity index (χ1n) is 8.77. The van der Waals surface area contributed by atoms with Gasteiger partial charge in [0.1, 0.15) is 5.83 Å². The Morgan fingerprint density at radius 3 is 2.60 bits per heavy atom. The molecule has 10 heteroatoms. The summed E-state index contributed by atoms with van der Waals surface area (Å²) in [5.41, 5.74) is 8.63. The van der Waals surface area contributed by atoms with E-state index in [-0.39, 0.29) is 48.6 Å². The second kappa shape index (κ2) is 10.4. The van der Waals surface area contributed by atoms with Crippen LogP contribution in [0.25, 0.3) is 22.0 Å². The average Bonchev–Trinajstić information content (AvgIpc) is 2.94. The number of fused-ring (bicyclic) bond motifs is 1. The number of sulfonamides is 1. The Kier molecular flexibility index (Phi) is 9.01. The molecular weight excluding hydrogens is 450 g/mol. The van der Waals surface area contributed by atoms with Crippen molar-refractivity contribution in [2.24, 2.45) is 5.73 Å². The summed E-state index contributed by atoms with van der Waals surface area (Å²) >= 11 is 0. The Balaban J connectivity index is 0.00000225. The lowest BCUT2D eigenvalue weighted by atomic mass is 10.0. The van der Waals surface area contributed by atoms with Crippen LogP contribution in [0.15, 0.2) is 59.5 Å². The van der Waals surface area contributed by atoms with Crippen molar-refractivity contribution in [2.45, 2.75) is 18.4 Å². The van der Waals surface area contributed by atoms with Gasteiger partial charge in [0.15, 0.2) is 0 Å². The Hall–Kier alpha value is -1.97. The van der Waals surface area contributed by atoms with Crippen molar-refractivity contribution in [1.82, 2.24) is 13.9 Å². The monoisotopic (exact) mass is 474 g/mol. The highest BCUT2D eigenvalue weighted by Crippen LogP contribution is 2.35. The zero-order chi connectivity index (χ0) is 20.5. The summed E-state index contributed by atoms with van der Waals surface area (Å²) in [6.45, 7) is 2.07. The van der Waals surface area contributed by atoms with Gasteiger partial charge in [0.05, 0.1) is 17.0 Å². The molecule has 0 saturated carbocycles. The molecule has 0 fully saturated rings. The standard InChI is InChI=1S/C20H23FN4O2S.2ClH/c1-14-20(15-5-4-6-17(11-15)28(26,27)24(2)3)18-12-23-10-8-19(18)25(14)13-16(21)7-9-22;;/h4-8,10-12H,9,13,22H2,1-3H3;2*1H/b16-7-;;. The van der Waals surface area contributed by atoms with Crippen LogP contribution in [0, 0.1) is 6.92 Å². The molecule has 0 aliphatic carbocycles. The van der Waals surface area contributed by atoms with Crippen molar-refractivity contribution < 1.29 is 12.8 Å². The highest BCUT2D eigenvalue weighted by Gasteiger charge is 2.21. The number of aromatic nitrogens is 2. The molecule has 0 saturated heterocycles. The molecule has 0 unspecified atom stereocenters. The minimum atomic E-state index is -3.57. The van der Waals surface area contributed by atoms with Crippen molar-refractivity contribution >= 4 is 45.7 Å². The fourth-order valence-corrected chi connectivity index (χ4v) is 4.21. The number of rotatable bonds is 6. The summed E-state index contributed by atoms with van der Waals surface area (Å²) in [5.74, 6) is -0.324. The van der Waals surface area contributed by atoms with Crippen LogP contribution < -0.4 is 5.73 Å². The highest BCUT2D eigenvalue weighted by molar-refractivity contribution is 7.89. The number of nitrogens with two attached hydrogens (primary N) is 1. The van der Waals surface area contributed by atoms with Crippen LogP contribution in [-0.2, 0) is 16.6 Å². The van der Waals surface area contributed by atoms with E-state index >= 15 is 0 Å². The largest absolute Gasteiger partial charge is 0.337 e. The van der Waals surface area contributed by atoms with Crippen LogP contribution in [0.4, 0.5) is 4.39 Å². The van der Waals surface area contributed by atoms with E-state index in [0.29, 0.717) is 0 Å². The van der Waals surface area contributed by atoms with Gasteiger partial charge in [-0.15, -0.1) is 24.8 Å². The number of hydrogen-bond acceptors (Lipinski definition) is 4. The van der Waals surface area contributed by atoms with Crippen LogP contribution >= 0.6 is 24.8 Å². The quantitative estimate of drug-likeness (QED) is 0.586. The minimum Gasteiger partial charge on any atom is -0.337 e. The van der Waals surface area contributed by atoms with E-state index in [9.17, 15) is 12.8 Å². The Labute approximate surface area is 188 Å². The Bertz CT molecular complexity index is 1160. The lowest BCUT2D eigenvalue weighted by Gasteiger charge is -2.13. The van der Waals surface area contributed by atoms with Gasteiger partial charge >= 0.3 is 0 Å². The van der Waals surface area contributed by atoms with Gasteiger partial charge in [0.25, 0.3) is 0 Å². The number of hydrogen-bond donors (Lipinski definition) is 1. The first kappa shape index (κ1) is 26.1. The third-order valence-corrected chi connectivity index (χ3v) is 6.49. The molecule has 6 nitrogen and oxygen atoms in total. The van der Waals surface area contributed by atoms with E-state index in [0.717, 1.165) is 27.7 Å². The van der Waals surface area contributed by atoms with Crippen molar-refractivity contribution in [3.63, 3.8) is 0 Å². The molecule has 0 bridgehead atoms. The molecule has 2 heterocycles. The molecule has 3 aromatic rings. The Morgan fingerprint density at radius 2 is 1.97 bits per heavy atom. The van der Waals surface area contributed by atoms with Gasteiger partial charge < -0.3 is 10.3 Å². The van der Waals surface area contributed by atoms with Crippen LogP contribution in [0.3, 0.4) is 0 Å². The third kappa shape index (κ3) is 4.84. The van der Waals surface area contributed by atoms with Gasteiger partial charge in [-0.05, 0) is 36.8 Å². The molecule has 164 valence electrons. The molecule has 1 aromatic carbocycles. The average molecular weight is 475 g/mol. The van der Waals surface area contributed by atoms with Crippen LogP contribution in [-0.4, -0.2) is 42.9 Å². The maximum Gasteiger partial charge on any atom is 0.242 e. The van der Waals surface area contributed by atoms with E-state index in [1.807, 2.05) is 23.6 Å². The number of pyridine rings is 1. The predicted molar refractivity (Wildman–Crippen MR) is 124 cm³/mol. The molecule has 2 aromatic heterocycles. The summed E-state index contributed by atoms with van der Waals surface area (Å²) in [4.78, 5) is 4.40. The van der Waals surface area contributed by atoms with Crippen molar-refractivity contribution in [3.8, 4) is 11.1 Å². The van der Waals surface area contributed by atoms with E-state index in [1.54, 1.807) is 30.6 Å². The predicted octanol–water partition coefficient (Wildman–Crippen LogP) is 3.92. The second-order valence-electron chi connectivity index (χ2n) is 6.64. The fourth-order valence-electron chi connectivity index (χ4n) is 3.26. The summed E-state index contributed by atoms with van der Waals surface area (Å²) in [5, 5.41) is 0.833. The van der Waals surface area contributed by atoms with Crippen LogP contribution in [0.2, 0.25) is 0 Å². The van der Waals surface area contributed by atoms with Gasteiger partial charge in [0, 0.05) is 49.7 Å². The highest BCUT2D eigenvalue weighted by atomic mass is 35.5. The van der Waals surface area contributed by atoms with Crippen LogP contribution in [0.1, 0.15) is 5.69 Å². The van der Waals surface area contributed by atoms with Gasteiger partial charge in [-0.1, -0.05) is 12.1 Å². The molecule has 30 heavy (non-hydrogen) atoms. The fraction of sp³-hybridized carbons (Fsp3) is 0.250. The molecule has 2 N–H and O–H groups in total. The van der Waals surface area contributed by atoms with Crippen molar-refractivity contribution in [2.75, 3.05) is 20.6 Å². The zero-order valence-corrected chi connectivity index (χ0v) is 19.3. The maximum atomic E-state index is 14.2. The first-order chi connectivity index (χ1) is 13.3. The zero-order valence-electron chi connectivity index (χ0n) is 16.9. The van der Waals surface area contributed by atoms with E-state index in [4.69, 9.17) is 5.73 Å². The van der Waals surface area contributed by atoms with E-state index < -0.39 is 10.0 Å². The van der Waals surface area contributed by atoms with E-state index in [2.05, 4.69) is 4.98 Å². The summed E-state index contributed by atoms with van der Waals surface area (Å²) in [7, 11) is -0.574. The van der Waals surface area contributed by atoms with Crippen molar-refractivity contribution in [1.29, 1.82) is 0 Å². The summed E-state index contributed by atoms with van der Waals surface area (Å²) < 4.78 is 42.3. The number of halogens is 3. The van der Waals surface area contributed by atoms with Gasteiger partial charge in [-0.3, -0.25) is 4.98 Å². The molecule has 0 aliphatic heterocycles. The summed E-state index contributed by atoms with van der Waals surface area (Å²) in [6, 6.07) is 8.58. The lowest BCUT2D eigenvalue weighted by Crippen LogP contribution is -2.22. The lowest BCUT2D eigenvalue weighted by molar-refractivity contribution is 0.521. The smallest absolute Gasteiger partial charge is 0.242 e. The second-order valence-corrected chi connectivity index (χ2v) is 8.79. The van der Waals surface area contributed by atoms with Crippen molar-refractivity contribution in [3.05, 3.63) is 60.3 Å². The molecule has 0 radical (unpaired) electrons. The van der Waals surface area contributed by atoms with Crippen LogP contribution in [0.5, 0.6) is 0 Å². The SMILES string of the molecule is Cc1c(-c2cccc(S(=O)(=O)N(C)C)c2)c2cnccc2n1C/C(F)=C/CN.Cl.Cl. The van der Waals surface area contributed by atoms with Gasteiger partial charge in [-0.2, -0.15) is 0 Å². The Morgan fingerprint density at radius 1 is 1.27 bits per heavy atom. The van der Waals surface area contributed by atoms with Gasteiger partial charge in [-0.25, -0.2) is 17.1 Å². The van der Waals surface area contributed by atoms with Gasteiger partial charge in [0.2, 0.25) is 10.0 Å². The first-order valence-corrected chi connectivity index (χ1v) is 10.2. The minimum absolute atomic E-state index is 0. The third-order valence-electron chi connectivity index (χ3n) is 4.67. The number of benzene rings is 1. The number of nitrogens with zero attached hydrogens (tertiary/aromatic N) is 3. The molecule has 0 amide bonds. The normalized spacial score (nSPS) is 12.0. The molecular formula is C20H25Cl2FN4O2S. The molecule has 0 atom stereocenters. The summed E-state index contributed by atoms with van der Waals surface area (Å²) in [6.07, 6.45) is 4.71. The maximum absolute atomic E-state index is 14.2. The topological polar surface area (TPSA) is 81.2 Å². The molecule has 3 rings (SSSR count).